The van der Waals surface area contributed by atoms with Gasteiger partial charge in [0.15, 0.2) is 6.67 Å². The van der Waals surface area contributed by atoms with Gasteiger partial charge in [-0.25, -0.2) is 14.7 Å². The van der Waals surface area contributed by atoms with E-state index in [4.69, 9.17) is 0 Å². The molecule has 2 heterocycles. The van der Waals surface area contributed by atoms with Crippen molar-refractivity contribution in [3.05, 3.63) is 65.2 Å². The Bertz CT molecular complexity index is 986. The molecule has 1 aliphatic heterocycles. The Balaban J connectivity index is 1.51. The third-order valence-electron chi connectivity index (χ3n) is 5.19. The van der Waals surface area contributed by atoms with Crippen molar-refractivity contribution >= 4 is 33.5 Å². The van der Waals surface area contributed by atoms with Gasteiger partial charge in [0.05, 0.1) is 17.3 Å². The van der Waals surface area contributed by atoms with Crippen molar-refractivity contribution in [1.82, 2.24) is 15.2 Å². The van der Waals surface area contributed by atoms with Crippen LogP contribution in [-0.2, 0) is 16.9 Å². The molecule has 3 aromatic rings. The van der Waals surface area contributed by atoms with E-state index in [9.17, 15) is 9.59 Å². The smallest absolute Gasteiger partial charge is 0.319 e. The van der Waals surface area contributed by atoms with Gasteiger partial charge in [0.25, 0.3) is 5.91 Å². The number of aromatic nitrogens is 1. The van der Waals surface area contributed by atoms with Crippen molar-refractivity contribution < 1.29 is 14.5 Å². The van der Waals surface area contributed by atoms with Gasteiger partial charge in [-0.05, 0) is 24.1 Å². The summed E-state index contributed by atoms with van der Waals surface area (Å²) in [5.74, 6) is -0.185. The molecule has 0 radical (unpaired) electrons. The molecule has 28 heavy (non-hydrogen) atoms. The SMILES string of the molecule is CC[C@@]1(c2ccccc2)NC(=O)N(C[NH+](C)Cc2nc3ccccc3s2)C1=O. The Kier molecular flexibility index (Phi) is 4.87. The van der Waals surface area contributed by atoms with E-state index in [0.717, 1.165) is 25.7 Å². The summed E-state index contributed by atoms with van der Waals surface area (Å²) in [6, 6.07) is 17.2. The Hall–Kier alpha value is -2.77. The summed E-state index contributed by atoms with van der Waals surface area (Å²) >= 11 is 1.65. The van der Waals surface area contributed by atoms with E-state index in [-0.39, 0.29) is 11.9 Å². The van der Waals surface area contributed by atoms with E-state index in [2.05, 4.69) is 16.4 Å². The van der Waals surface area contributed by atoms with Crippen LogP contribution in [0.1, 0.15) is 23.9 Å². The molecule has 1 saturated heterocycles. The maximum Gasteiger partial charge on any atom is 0.329 e. The molecule has 2 aromatic carbocycles. The molecule has 0 bridgehead atoms. The Morgan fingerprint density at radius 2 is 1.82 bits per heavy atom. The first-order valence-electron chi connectivity index (χ1n) is 9.39. The van der Waals surface area contributed by atoms with Crippen molar-refractivity contribution in [1.29, 1.82) is 0 Å². The van der Waals surface area contributed by atoms with E-state index in [1.165, 1.54) is 4.90 Å². The number of hydrogen-bond donors (Lipinski definition) is 2. The molecular weight excluding hydrogens is 372 g/mol. The van der Waals surface area contributed by atoms with Crippen LogP contribution in [-0.4, -0.2) is 35.5 Å². The molecule has 1 fully saturated rings. The number of quaternary nitrogens is 1. The first kappa shape index (κ1) is 18.6. The summed E-state index contributed by atoms with van der Waals surface area (Å²) in [6.07, 6.45) is 0.509. The predicted octanol–water partition coefficient (Wildman–Crippen LogP) is 2.13. The van der Waals surface area contributed by atoms with Crippen molar-refractivity contribution in [3.8, 4) is 0 Å². The van der Waals surface area contributed by atoms with Gasteiger partial charge in [0.2, 0.25) is 0 Å². The number of nitrogens with one attached hydrogen (secondary N) is 2. The second kappa shape index (κ2) is 7.33. The molecule has 144 valence electrons. The third-order valence-corrected chi connectivity index (χ3v) is 6.23. The van der Waals surface area contributed by atoms with E-state index < -0.39 is 5.54 Å². The number of benzene rings is 2. The highest BCUT2D eigenvalue weighted by Crippen LogP contribution is 2.31. The average Bonchev–Trinajstić information content (AvgIpc) is 3.22. The van der Waals surface area contributed by atoms with Gasteiger partial charge in [0.1, 0.15) is 17.1 Å². The van der Waals surface area contributed by atoms with Crippen LogP contribution in [0.4, 0.5) is 4.79 Å². The van der Waals surface area contributed by atoms with Crippen molar-refractivity contribution in [2.45, 2.75) is 25.4 Å². The first-order valence-corrected chi connectivity index (χ1v) is 10.2. The number of amides is 3. The topological polar surface area (TPSA) is 66.7 Å². The van der Waals surface area contributed by atoms with Crippen LogP contribution in [0, 0.1) is 0 Å². The van der Waals surface area contributed by atoms with E-state index in [0.29, 0.717) is 19.6 Å². The lowest BCUT2D eigenvalue weighted by Gasteiger charge is -2.26. The quantitative estimate of drug-likeness (QED) is 0.629. The van der Waals surface area contributed by atoms with E-state index >= 15 is 0 Å². The Morgan fingerprint density at radius 3 is 2.54 bits per heavy atom. The highest BCUT2D eigenvalue weighted by molar-refractivity contribution is 7.18. The maximum atomic E-state index is 13.2. The number of urea groups is 1. The van der Waals surface area contributed by atoms with Gasteiger partial charge >= 0.3 is 6.03 Å². The fourth-order valence-corrected chi connectivity index (χ4v) is 4.79. The summed E-state index contributed by atoms with van der Waals surface area (Å²) in [4.78, 5) is 32.9. The van der Waals surface area contributed by atoms with E-state index in [1.54, 1.807) is 11.3 Å². The molecule has 0 saturated carbocycles. The summed E-state index contributed by atoms with van der Waals surface area (Å²) < 4.78 is 1.15. The minimum absolute atomic E-state index is 0.185. The molecule has 0 spiro atoms. The molecule has 1 aromatic heterocycles. The number of carbonyl (C=O) groups is 2. The van der Waals surface area contributed by atoms with Gasteiger partial charge in [-0.2, -0.15) is 0 Å². The minimum atomic E-state index is -0.978. The largest absolute Gasteiger partial charge is 0.329 e. The molecule has 4 rings (SSSR count). The first-order chi connectivity index (χ1) is 13.5. The number of carbonyl (C=O) groups excluding carboxylic acids is 2. The van der Waals surface area contributed by atoms with Gasteiger partial charge in [-0.15, -0.1) is 11.3 Å². The van der Waals surface area contributed by atoms with Crippen LogP contribution in [0.15, 0.2) is 54.6 Å². The molecular formula is C21H23N4O2S+. The number of imide groups is 1. The highest BCUT2D eigenvalue weighted by Gasteiger charge is 2.52. The fraction of sp³-hybridized carbons (Fsp3) is 0.286. The molecule has 6 nitrogen and oxygen atoms in total. The van der Waals surface area contributed by atoms with Gasteiger partial charge in [-0.3, -0.25) is 4.79 Å². The summed E-state index contributed by atoms with van der Waals surface area (Å²) in [5.41, 5.74) is 0.829. The summed E-state index contributed by atoms with van der Waals surface area (Å²) in [6.45, 7) is 2.88. The van der Waals surface area contributed by atoms with Crippen LogP contribution in [0.3, 0.4) is 0 Å². The monoisotopic (exact) mass is 395 g/mol. The van der Waals surface area contributed by atoms with Crippen LogP contribution < -0.4 is 10.2 Å². The highest BCUT2D eigenvalue weighted by atomic mass is 32.1. The zero-order valence-electron chi connectivity index (χ0n) is 15.9. The predicted molar refractivity (Wildman–Crippen MR) is 109 cm³/mol. The Labute approximate surface area is 167 Å². The van der Waals surface area contributed by atoms with Crippen LogP contribution in [0.25, 0.3) is 10.2 Å². The third kappa shape index (κ3) is 3.16. The average molecular weight is 396 g/mol. The second-order valence-electron chi connectivity index (χ2n) is 7.16. The number of para-hydroxylation sites is 1. The van der Waals surface area contributed by atoms with E-state index in [1.807, 2.05) is 62.5 Å². The van der Waals surface area contributed by atoms with Gasteiger partial charge in [-0.1, -0.05) is 49.4 Å². The number of hydrogen-bond acceptors (Lipinski definition) is 4. The number of nitrogens with zero attached hydrogens (tertiary/aromatic N) is 2. The lowest BCUT2D eigenvalue weighted by Crippen LogP contribution is -3.09. The van der Waals surface area contributed by atoms with Crippen molar-refractivity contribution in [3.63, 3.8) is 0 Å². The lowest BCUT2D eigenvalue weighted by atomic mass is 9.87. The van der Waals surface area contributed by atoms with Crippen LogP contribution >= 0.6 is 11.3 Å². The van der Waals surface area contributed by atoms with Crippen LogP contribution in [0.5, 0.6) is 0 Å². The lowest BCUT2D eigenvalue weighted by molar-refractivity contribution is -0.901. The molecule has 7 heteroatoms. The zero-order chi connectivity index (χ0) is 19.7. The van der Waals surface area contributed by atoms with Crippen molar-refractivity contribution in [2.75, 3.05) is 13.7 Å². The fourth-order valence-electron chi connectivity index (χ4n) is 3.71. The van der Waals surface area contributed by atoms with Gasteiger partial charge in [0, 0.05) is 0 Å². The van der Waals surface area contributed by atoms with Crippen molar-refractivity contribution in [2.24, 2.45) is 0 Å². The molecule has 2 N–H and O–H groups in total. The second-order valence-corrected chi connectivity index (χ2v) is 8.27. The van der Waals surface area contributed by atoms with Gasteiger partial charge < -0.3 is 10.2 Å². The standard InChI is InChI=1S/C21H22N4O2S/c1-3-21(15-9-5-4-6-10-15)19(26)25(20(27)23-21)14-24(2)13-18-22-16-11-7-8-12-17(16)28-18/h4-12H,3,13-14H2,1-2H3,(H,23,27)/p+1/t21-/m0/s1. The Morgan fingerprint density at radius 1 is 1.11 bits per heavy atom. The molecule has 2 atom stereocenters. The summed E-state index contributed by atoms with van der Waals surface area (Å²) in [5, 5.41) is 3.93. The maximum absolute atomic E-state index is 13.2. The molecule has 3 amide bonds. The molecule has 0 aliphatic carbocycles. The molecule has 1 unspecified atom stereocenters. The number of thiazole rings is 1. The number of fused-ring (bicyclic) bond motifs is 1. The van der Waals surface area contributed by atoms with Crippen LogP contribution in [0.2, 0.25) is 0 Å². The summed E-state index contributed by atoms with van der Waals surface area (Å²) in [7, 11) is 1.97. The number of rotatable bonds is 6. The normalized spacial score (nSPS) is 20.6. The zero-order valence-corrected chi connectivity index (χ0v) is 16.8. The minimum Gasteiger partial charge on any atom is -0.319 e. The molecule has 1 aliphatic rings.